The lowest BCUT2D eigenvalue weighted by Gasteiger charge is -2.16. The number of hydrogen-bond acceptors (Lipinski definition) is 4. The number of amides is 2. The number of anilines is 3. The highest BCUT2D eigenvalue weighted by Gasteiger charge is 2.16. The van der Waals surface area contributed by atoms with Gasteiger partial charge in [-0.15, -0.1) is 0 Å². The van der Waals surface area contributed by atoms with E-state index in [0.717, 1.165) is 24.2 Å². The van der Waals surface area contributed by atoms with Gasteiger partial charge in [-0.2, -0.15) is 0 Å². The van der Waals surface area contributed by atoms with Crippen molar-refractivity contribution in [3.05, 3.63) is 48.2 Å². The zero-order chi connectivity index (χ0) is 19.1. The zero-order valence-electron chi connectivity index (χ0n) is 15.6. The van der Waals surface area contributed by atoms with E-state index in [2.05, 4.69) is 20.9 Å². The Hall–Kier alpha value is -2.89. The van der Waals surface area contributed by atoms with Gasteiger partial charge in [0.2, 0.25) is 5.91 Å². The van der Waals surface area contributed by atoms with Crippen molar-refractivity contribution in [1.29, 1.82) is 0 Å². The van der Waals surface area contributed by atoms with Gasteiger partial charge in [-0.25, -0.2) is 4.98 Å². The minimum Gasteiger partial charge on any atom is -0.349 e. The third-order valence-corrected chi connectivity index (χ3v) is 4.69. The van der Waals surface area contributed by atoms with Crippen molar-refractivity contribution < 1.29 is 9.59 Å². The first kappa shape index (κ1) is 18.9. The van der Waals surface area contributed by atoms with Gasteiger partial charge in [0, 0.05) is 36.1 Å². The van der Waals surface area contributed by atoms with Crippen LogP contribution in [-0.2, 0) is 4.79 Å². The number of benzene rings is 1. The summed E-state index contributed by atoms with van der Waals surface area (Å²) in [6, 6.07) is 11.1. The van der Waals surface area contributed by atoms with E-state index in [1.54, 1.807) is 18.3 Å². The molecule has 2 aromatic rings. The fourth-order valence-corrected chi connectivity index (χ4v) is 3.32. The van der Waals surface area contributed by atoms with E-state index in [4.69, 9.17) is 0 Å². The van der Waals surface area contributed by atoms with Crippen molar-refractivity contribution in [3.63, 3.8) is 0 Å². The Labute approximate surface area is 159 Å². The molecule has 1 aromatic heterocycles. The average Bonchev–Trinajstić information content (AvgIpc) is 2.92. The molecule has 1 fully saturated rings. The molecule has 1 aromatic carbocycles. The van der Waals surface area contributed by atoms with Gasteiger partial charge in [0.15, 0.2) is 0 Å². The fraction of sp³-hybridized carbons (Fsp3) is 0.381. The summed E-state index contributed by atoms with van der Waals surface area (Å²) < 4.78 is 0. The number of carbonyl (C=O) groups excluding carboxylic acids is 2. The summed E-state index contributed by atoms with van der Waals surface area (Å²) in [7, 11) is 0. The molecule has 6 heteroatoms. The molecule has 2 amide bonds. The second kappa shape index (κ2) is 9.16. The molecule has 0 saturated heterocycles. The van der Waals surface area contributed by atoms with E-state index >= 15 is 0 Å². The lowest BCUT2D eigenvalue weighted by Crippen LogP contribution is -2.34. The molecule has 1 aliphatic carbocycles. The molecule has 0 atom stereocenters. The maximum absolute atomic E-state index is 12.6. The van der Waals surface area contributed by atoms with Crippen LogP contribution < -0.4 is 16.0 Å². The fourth-order valence-electron chi connectivity index (χ4n) is 3.32. The monoisotopic (exact) mass is 366 g/mol. The van der Waals surface area contributed by atoms with Crippen molar-refractivity contribution >= 4 is 29.0 Å². The Kier molecular flexibility index (Phi) is 6.41. The topological polar surface area (TPSA) is 83.1 Å². The minimum absolute atomic E-state index is 0.0478. The Bertz CT molecular complexity index is 781. The van der Waals surface area contributed by atoms with Crippen LogP contribution in [0.4, 0.5) is 17.2 Å². The molecular formula is C21H26N4O2. The van der Waals surface area contributed by atoms with Crippen LogP contribution in [0.25, 0.3) is 0 Å². The molecular weight excluding hydrogens is 340 g/mol. The molecule has 0 spiro atoms. The highest BCUT2D eigenvalue weighted by Crippen LogP contribution is 2.20. The summed E-state index contributed by atoms with van der Waals surface area (Å²) in [5, 5.41) is 9.07. The second-order valence-electron chi connectivity index (χ2n) is 6.98. The summed E-state index contributed by atoms with van der Waals surface area (Å²) in [5.41, 5.74) is 2.17. The van der Waals surface area contributed by atoms with Crippen LogP contribution in [0, 0.1) is 0 Å². The maximum atomic E-state index is 12.6. The van der Waals surface area contributed by atoms with Crippen LogP contribution in [0.5, 0.6) is 0 Å². The minimum atomic E-state index is -0.107. The summed E-state index contributed by atoms with van der Waals surface area (Å²) in [4.78, 5) is 27.9. The van der Waals surface area contributed by atoms with E-state index in [9.17, 15) is 9.59 Å². The smallest absolute Gasteiger partial charge is 0.251 e. The molecule has 0 bridgehead atoms. The second-order valence-corrected chi connectivity index (χ2v) is 6.98. The van der Waals surface area contributed by atoms with E-state index in [1.807, 2.05) is 24.3 Å². The first-order chi connectivity index (χ1) is 13.1. The average molecular weight is 366 g/mol. The van der Waals surface area contributed by atoms with E-state index in [-0.39, 0.29) is 17.9 Å². The van der Waals surface area contributed by atoms with E-state index < -0.39 is 0 Å². The quantitative estimate of drug-likeness (QED) is 0.691. The van der Waals surface area contributed by atoms with Gasteiger partial charge >= 0.3 is 0 Å². The molecule has 6 nitrogen and oxygen atoms in total. The summed E-state index contributed by atoms with van der Waals surface area (Å²) in [6.45, 7) is 1.47. The number of nitrogens with zero attached hydrogens (tertiary/aromatic N) is 1. The van der Waals surface area contributed by atoms with Crippen LogP contribution >= 0.6 is 0 Å². The number of pyridine rings is 1. The number of hydrogen-bond donors (Lipinski definition) is 3. The van der Waals surface area contributed by atoms with Crippen molar-refractivity contribution in [3.8, 4) is 0 Å². The van der Waals surface area contributed by atoms with Crippen LogP contribution in [0.2, 0.25) is 0 Å². The summed E-state index contributed by atoms with van der Waals surface area (Å²) in [5.74, 6) is 0.453. The summed E-state index contributed by atoms with van der Waals surface area (Å²) >= 11 is 0. The largest absolute Gasteiger partial charge is 0.349 e. The van der Waals surface area contributed by atoms with Crippen molar-refractivity contribution in [2.45, 2.75) is 51.5 Å². The molecule has 1 saturated carbocycles. The SMILES string of the molecule is CC(=O)Nc1ccc(Nc2cc(C(=O)NC3CCCCCC3)ccn2)cc1. The van der Waals surface area contributed by atoms with E-state index in [0.29, 0.717) is 11.4 Å². The van der Waals surface area contributed by atoms with Crippen LogP contribution in [0.1, 0.15) is 55.8 Å². The Balaban J connectivity index is 1.62. The first-order valence-corrected chi connectivity index (χ1v) is 9.52. The molecule has 1 aliphatic rings. The van der Waals surface area contributed by atoms with Gasteiger partial charge < -0.3 is 16.0 Å². The van der Waals surface area contributed by atoms with Gasteiger partial charge in [-0.05, 0) is 49.2 Å². The normalized spacial score (nSPS) is 14.9. The van der Waals surface area contributed by atoms with Crippen LogP contribution in [-0.4, -0.2) is 22.8 Å². The number of aromatic nitrogens is 1. The number of carbonyl (C=O) groups is 2. The standard InChI is InChI=1S/C21H26N4O2/c1-15(26)23-18-8-10-19(11-9-18)24-20-14-16(12-13-22-20)21(27)25-17-6-4-2-3-5-7-17/h8-14,17H,2-7H2,1H3,(H,22,24)(H,23,26)(H,25,27). The van der Waals surface area contributed by atoms with Gasteiger partial charge in [-0.3, -0.25) is 9.59 Å². The lowest BCUT2D eigenvalue weighted by atomic mass is 10.1. The molecule has 1 heterocycles. The van der Waals surface area contributed by atoms with Gasteiger partial charge in [-0.1, -0.05) is 25.7 Å². The highest BCUT2D eigenvalue weighted by atomic mass is 16.2. The third kappa shape index (κ3) is 5.81. The summed E-state index contributed by atoms with van der Waals surface area (Å²) in [6.07, 6.45) is 8.64. The van der Waals surface area contributed by atoms with E-state index in [1.165, 1.54) is 32.6 Å². The number of nitrogens with one attached hydrogen (secondary N) is 3. The first-order valence-electron chi connectivity index (χ1n) is 9.52. The number of rotatable bonds is 5. The Morgan fingerprint density at radius 1 is 0.963 bits per heavy atom. The lowest BCUT2D eigenvalue weighted by molar-refractivity contribution is -0.114. The molecule has 3 rings (SSSR count). The molecule has 0 aliphatic heterocycles. The van der Waals surface area contributed by atoms with Crippen LogP contribution in [0.15, 0.2) is 42.6 Å². The highest BCUT2D eigenvalue weighted by molar-refractivity contribution is 5.95. The zero-order valence-corrected chi connectivity index (χ0v) is 15.6. The predicted molar refractivity (Wildman–Crippen MR) is 107 cm³/mol. The maximum Gasteiger partial charge on any atom is 0.251 e. The predicted octanol–water partition coefficient (Wildman–Crippen LogP) is 4.24. The Morgan fingerprint density at radius 2 is 1.63 bits per heavy atom. The molecule has 27 heavy (non-hydrogen) atoms. The van der Waals surface area contributed by atoms with Crippen LogP contribution in [0.3, 0.4) is 0 Å². The molecule has 0 unspecified atom stereocenters. The van der Waals surface area contributed by atoms with Crippen molar-refractivity contribution in [1.82, 2.24) is 10.3 Å². The van der Waals surface area contributed by atoms with Gasteiger partial charge in [0.05, 0.1) is 0 Å². The molecule has 0 radical (unpaired) electrons. The van der Waals surface area contributed by atoms with Crippen molar-refractivity contribution in [2.24, 2.45) is 0 Å². The molecule has 3 N–H and O–H groups in total. The van der Waals surface area contributed by atoms with Gasteiger partial charge in [0.25, 0.3) is 5.91 Å². The Morgan fingerprint density at radius 3 is 2.30 bits per heavy atom. The van der Waals surface area contributed by atoms with Gasteiger partial charge in [0.1, 0.15) is 5.82 Å². The molecule has 142 valence electrons. The van der Waals surface area contributed by atoms with Crippen molar-refractivity contribution in [2.75, 3.05) is 10.6 Å². The third-order valence-electron chi connectivity index (χ3n) is 4.69.